The van der Waals surface area contributed by atoms with Gasteiger partial charge >= 0.3 is 71.2 Å². The van der Waals surface area contributed by atoms with Crippen LogP contribution in [0.4, 0.5) is 0 Å². The van der Waals surface area contributed by atoms with Crippen molar-refractivity contribution in [3.8, 4) is 0 Å². The van der Waals surface area contributed by atoms with E-state index in [9.17, 15) is 0 Å². The van der Waals surface area contributed by atoms with Crippen molar-refractivity contribution in [2.75, 3.05) is 0 Å². The first-order valence-electron chi connectivity index (χ1n) is 2.90. The van der Waals surface area contributed by atoms with Crippen LogP contribution in [0.15, 0.2) is 0 Å². The monoisotopic (exact) mass is 334 g/mol. The fourth-order valence-electron chi connectivity index (χ4n) is 0.496. The zero-order valence-electron chi connectivity index (χ0n) is 5.24. The van der Waals surface area contributed by atoms with Gasteiger partial charge in [-0.05, 0) is 0 Å². The summed E-state index contributed by atoms with van der Waals surface area (Å²) in [5, 5.41) is 0. The molecule has 0 atom stereocenters. The topological polar surface area (TPSA) is 0 Å². The molecule has 0 unspecified atom stereocenters. The van der Waals surface area contributed by atoms with Crippen LogP contribution in [0.2, 0.25) is 4.44 Å². The third-order valence-corrected chi connectivity index (χ3v) is 32.5. The molecule has 44 valence electrons. The van der Waals surface area contributed by atoms with E-state index in [0.717, 1.165) is 21.1 Å². The standard InChI is InChI=1S/C4H9.S.2Sn.5H/c1-3-4-2;;;;;;;;/h1,3-4H2,2H3;;;;;;;;. The molecule has 0 saturated heterocycles. The normalized spacial score (nSPS) is 11.6. The van der Waals surface area contributed by atoms with Gasteiger partial charge in [-0.25, -0.2) is 0 Å². The van der Waals surface area contributed by atoms with E-state index in [4.69, 9.17) is 0 Å². The molecule has 0 spiro atoms. The fourth-order valence-corrected chi connectivity index (χ4v) is 23.2. The zero-order chi connectivity index (χ0) is 5.54. The summed E-state index contributed by atoms with van der Waals surface area (Å²) in [6.07, 6.45) is 5.32. The first kappa shape index (κ1) is 8.95. The van der Waals surface area contributed by atoms with Crippen molar-refractivity contribution in [1.82, 2.24) is 0 Å². The molecule has 0 aromatic carbocycles. The molecule has 0 N–H and O–H groups in total. The van der Waals surface area contributed by atoms with Crippen molar-refractivity contribution in [3.05, 3.63) is 0 Å². The predicted molar refractivity (Wildman–Crippen MR) is 45.8 cm³/mol. The summed E-state index contributed by atoms with van der Waals surface area (Å²) in [4.78, 5) is 0. The molecule has 0 aliphatic rings. The Labute approximate surface area is 70.4 Å². The van der Waals surface area contributed by atoms with Crippen LogP contribution < -0.4 is 0 Å². The van der Waals surface area contributed by atoms with Crippen LogP contribution >= 0.6 is 6.13 Å². The van der Waals surface area contributed by atoms with Gasteiger partial charge in [-0.3, -0.25) is 0 Å². The van der Waals surface area contributed by atoms with Crippen molar-refractivity contribution in [2.24, 2.45) is 0 Å². The van der Waals surface area contributed by atoms with E-state index in [-0.39, 0.29) is 19.8 Å². The summed E-state index contributed by atoms with van der Waals surface area (Å²) in [6.45, 7) is 2.29. The molecule has 0 amide bonds. The summed E-state index contributed by atoms with van der Waals surface area (Å²) in [6, 6.07) is 0. The second kappa shape index (κ2) is 7.95. The number of hydrogen-bond acceptors (Lipinski definition) is 1. The van der Waals surface area contributed by atoms with E-state index in [2.05, 4.69) is 13.1 Å². The molecule has 0 radical (unpaired) electrons. The van der Waals surface area contributed by atoms with Gasteiger partial charge in [-0.15, -0.1) is 0 Å². The van der Waals surface area contributed by atoms with Crippen molar-refractivity contribution in [2.45, 2.75) is 24.2 Å². The Morgan fingerprint density at radius 2 is 2.43 bits per heavy atom. The van der Waals surface area contributed by atoms with E-state index in [0.29, 0.717) is 0 Å². The predicted octanol–water partition coefficient (Wildman–Crippen LogP) is 0.302. The van der Waals surface area contributed by atoms with Crippen LogP contribution in [0.5, 0.6) is 0 Å². The molecule has 0 rings (SSSR count). The summed E-state index contributed by atoms with van der Waals surface area (Å²) >= 11 is 0.887. The molecule has 3 heteroatoms. The average Bonchev–Trinajstić information content (AvgIpc) is 1.69. The van der Waals surface area contributed by atoms with Crippen molar-refractivity contribution in [3.63, 3.8) is 0 Å². The van der Waals surface area contributed by atoms with Gasteiger partial charge in [0.05, 0.1) is 0 Å². The van der Waals surface area contributed by atoms with E-state index in [1.54, 1.807) is 4.44 Å². The van der Waals surface area contributed by atoms with Crippen LogP contribution in [0.3, 0.4) is 0 Å². The summed E-state index contributed by atoms with van der Waals surface area (Å²) in [7, 11) is 0. The molecule has 0 heterocycles. The van der Waals surface area contributed by atoms with Crippen LogP contribution in [0, 0.1) is 0 Å². The average molecular weight is 332 g/mol. The van der Waals surface area contributed by atoms with Gasteiger partial charge in [0.2, 0.25) is 0 Å². The Morgan fingerprint density at radius 3 is 2.86 bits per heavy atom. The first-order chi connectivity index (χ1) is 3.41. The van der Waals surface area contributed by atoms with Crippen LogP contribution in [-0.4, -0.2) is 40.9 Å². The molecule has 0 aromatic rings. The molecule has 0 aliphatic heterocycles. The summed E-state index contributed by atoms with van der Waals surface area (Å²) < 4.78 is 1.66. The minimum atomic E-state index is -0.0983. The Balaban J connectivity index is 2.45. The van der Waals surface area contributed by atoms with Crippen molar-refractivity contribution >= 4 is 47.0 Å². The molecule has 0 saturated carbocycles. The summed E-state index contributed by atoms with van der Waals surface area (Å²) in [5.41, 5.74) is 0. The number of hydrogen-bond donors (Lipinski definition) is 0. The third-order valence-electron chi connectivity index (χ3n) is 0.952. The Bertz CT molecular complexity index is 28.9. The molecule has 0 fully saturated rings. The van der Waals surface area contributed by atoms with Gasteiger partial charge < -0.3 is 0 Å². The Morgan fingerprint density at radius 1 is 1.71 bits per heavy atom. The maximum absolute atomic E-state index is 2.36. The van der Waals surface area contributed by atoms with E-state index < -0.39 is 0 Å². The van der Waals surface area contributed by atoms with Gasteiger partial charge in [-0.1, -0.05) is 0 Å². The van der Waals surface area contributed by atoms with E-state index in [1.807, 2.05) is 0 Å². The van der Waals surface area contributed by atoms with Gasteiger partial charge in [0.25, 0.3) is 0 Å². The van der Waals surface area contributed by atoms with E-state index >= 15 is 0 Å². The van der Waals surface area contributed by atoms with Crippen molar-refractivity contribution in [1.29, 1.82) is 0 Å². The van der Waals surface area contributed by atoms with Crippen LogP contribution in [-0.2, 0) is 0 Å². The third kappa shape index (κ3) is 7.95. The van der Waals surface area contributed by atoms with Gasteiger partial charge in [0, 0.05) is 0 Å². The molecular formula is C4H14SSn2. The van der Waals surface area contributed by atoms with E-state index in [1.165, 1.54) is 12.8 Å². The molecule has 0 bridgehead atoms. The Kier molecular flexibility index (Phi) is 10.2. The maximum atomic E-state index is 2.36. The number of rotatable bonds is 4. The van der Waals surface area contributed by atoms with Gasteiger partial charge in [-0.2, -0.15) is 0 Å². The summed E-state index contributed by atoms with van der Waals surface area (Å²) in [5.74, 6) is 0. The van der Waals surface area contributed by atoms with Crippen LogP contribution in [0.1, 0.15) is 19.8 Å². The minimum absolute atomic E-state index is 0.0983. The van der Waals surface area contributed by atoms with Crippen molar-refractivity contribution < 1.29 is 0 Å². The second-order valence-electron chi connectivity index (χ2n) is 1.70. The number of unbranched alkanes of at least 4 members (excludes halogenated alkanes) is 1. The fraction of sp³-hybridized carbons (Fsp3) is 1.00. The molecular weight excluding hydrogens is 318 g/mol. The molecule has 0 aromatic heterocycles. The molecule has 7 heavy (non-hydrogen) atoms. The molecule has 0 nitrogen and oxygen atoms in total. The SMILES string of the molecule is CCC[CH2][SnH2][S][SnH3]. The second-order valence-corrected chi connectivity index (χ2v) is 46.3. The van der Waals surface area contributed by atoms with Crippen LogP contribution in [0.25, 0.3) is 0 Å². The molecule has 0 aliphatic carbocycles. The van der Waals surface area contributed by atoms with Gasteiger partial charge in [0.15, 0.2) is 0 Å². The Hall–Kier alpha value is 1.95. The zero-order valence-corrected chi connectivity index (χ0v) is 15.8. The first-order valence-corrected chi connectivity index (χ1v) is 19.1. The quantitative estimate of drug-likeness (QED) is 0.527. The van der Waals surface area contributed by atoms with Gasteiger partial charge in [0.1, 0.15) is 0 Å².